The fourth-order valence-electron chi connectivity index (χ4n) is 2.56. The maximum absolute atomic E-state index is 12.8. The number of unbranched alkanes of at least 4 members (excludes halogenated alkanes) is 1. The standard InChI is InChI=1S/C18H33N5O7S/c1-9(2)14(17(28)22-12(8-31)18(29)30)23-16(27)11(5-3-4-6-19)21-15(26)10(20)7-13(24)25/h9-12,14,31H,3-8,19-20H2,1-2H3,(H,21,26)(H,22,28)(H,23,27)(H,24,25)(H,29,30). The lowest BCUT2D eigenvalue weighted by molar-refractivity contribution is -0.142. The van der Waals surface area contributed by atoms with Gasteiger partial charge in [-0.05, 0) is 31.7 Å². The van der Waals surface area contributed by atoms with Crippen LogP contribution in [0.25, 0.3) is 0 Å². The van der Waals surface area contributed by atoms with Crippen LogP contribution in [-0.2, 0) is 24.0 Å². The Bertz CT molecular complexity index is 647. The third kappa shape index (κ3) is 11.0. The fraction of sp³-hybridized carbons (Fsp3) is 0.722. The molecule has 9 N–H and O–H groups in total. The van der Waals surface area contributed by atoms with Crippen molar-refractivity contribution in [2.75, 3.05) is 12.3 Å². The summed E-state index contributed by atoms with van der Waals surface area (Å²) in [7, 11) is 0. The number of nitrogens with two attached hydrogens (primary N) is 2. The Labute approximate surface area is 186 Å². The van der Waals surface area contributed by atoms with Gasteiger partial charge >= 0.3 is 11.9 Å². The van der Waals surface area contributed by atoms with Gasteiger partial charge in [0.05, 0.1) is 12.5 Å². The van der Waals surface area contributed by atoms with Gasteiger partial charge in [0.25, 0.3) is 0 Å². The van der Waals surface area contributed by atoms with E-state index in [1.165, 1.54) is 0 Å². The highest BCUT2D eigenvalue weighted by molar-refractivity contribution is 7.80. The SMILES string of the molecule is CC(C)C(NC(=O)C(CCCCN)NC(=O)C(N)CC(=O)O)C(=O)NC(CS)C(=O)O. The zero-order valence-electron chi connectivity index (χ0n) is 17.7. The number of carbonyl (C=O) groups is 5. The van der Waals surface area contributed by atoms with E-state index in [9.17, 15) is 24.0 Å². The van der Waals surface area contributed by atoms with Crippen molar-refractivity contribution in [1.82, 2.24) is 16.0 Å². The van der Waals surface area contributed by atoms with Crippen LogP contribution in [0.2, 0.25) is 0 Å². The summed E-state index contributed by atoms with van der Waals surface area (Å²) in [5.74, 6) is -5.27. The summed E-state index contributed by atoms with van der Waals surface area (Å²) in [6, 6.07) is -4.73. The maximum atomic E-state index is 12.8. The van der Waals surface area contributed by atoms with Crippen LogP contribution in [0.3, 0.4) is 0 Å². The number of hydrogen-bond acceptors (Lipinski definition) is 8. The molecule has 4 atom stereocenters. The van der Waals surface area contributed by atoms with Gasteiger partial charge in [0.15, 0.2) is 0 Å². The number of rotatable bonds is 15. The zero-order chi connectivity index (χ0) is 24.1. The molecule has 0 aliphatic rings. The van der Waals surface area contributed by atoms with Gasteiger partial charge in [-0.3, -0.25) is 19.2 Å². The van der Waals surface area contributed by atoms with Gasteiger partial charge in [-0.2, -0.15) is 12.6 Å². The predicted molar refractivity (Wildman–Crippen MR) is 115 cm³/mol. The number of thiol groups is 1. The second kappa shape index (κ2) is 14.6. The van der Waals surface area contributed by atoms with E-state index in [-0.39, 0.29) is 12.2 Å². The van der Waals surface area contributed by atoms with Crippen LogP contribution < -0.4 is 27.4 Å². The van der Waals surface area contributed by atoms with Gasteiger partial charge in [0, 0.05) is 5.75 Å². The second-order valence-electron chi connectivity index (χ2n) is 7.36. The molecule has 0 saturated carbocycles. The number of carboxylic acids is 2. The van der Waals surface area contributed by atoms with Crippen molar-refractivity contribution in [3.63, 3.8) is 0 Å². The molecule has 0 aliphatic heterocycles. The highest BCUT2D eigenvalue weighted by atomic mass is 32.1. The predicted octanol–water partition coefficient (Wildman–Crippen LogP) is -1.96. The normalized spacial score (nSPS) is 14.8. The molecule has 0 rings (SSSR count). The average molecular weight is 464 g/mol. The average Bonchev–Trinajstić information content (AvgIpc) is 2.67. The molecule has 0 bridgehead atoms. The molecule has 0 radical (unpaired) electrons. The Morgan fingerprint density at radius 3 is 1.94 bits per heavy atom. The smallest absolute Gasteiger partial charge is 0.327 e. The van der Waals surface area contributed by atoms with E-state index in [0.29, 0.717) is 19.4 Å². The number of amides is 3. The summed E-state index contributed by atoms with van der Waals surface area (Å²) in [5, 5.41) is 25.1. The Kier molecular flexibility index (Phi) is 13.5. The molecule has 0 aromatic carbocycles. The maximum Gasteiger partial charge on any atom is 0.327 e. The summed E-state index contributed by atoms with van der Waals surface area (Å²) in [4.78, 5) is 59.4. The number of nitrogens with one attached hydrogen (secondary N) is 3. The molecule has 3 amide bonds. The number of hydrogen-bond donors (Lipinski definition) is 8. The molecular formula is C18H33N5O7S. The lowest BCUT2D eigenvalue weighted by Crippen LogP contribution is -2.58. The summed E-state index contributed by atoms with van der Waals surface area (Å²) in [6.07, 6.45) is 0.648. The second-order valence-corrected chi connectivity index (χ2v) is 7.73. The first-order chi connectivity index (χ1) is 14.4. The molecule has 0 saturated heterocycles. The van der Waals surface area contributed by atoms with Gasteiger partial charge in [-0.25, -0.2) is 4.79 Å². The fourth-order valence-corrected chi connectivity index (χ4v) is 2.80. The van der Waals surface area contributed by atoms with Gasteiger partial charge in [0.1, 0.15) is 18.1 Å². The van der Waals surface area contributed by atoms with Gasteiger partial charge in [0.2, 0.25) is 17.7 Å². The van der Waals surface area contributed by atoms with Crippen LogP contribution in [0.4, 0.5) is 0 Å². The van der Waals surface area contributed by atoms with Crippen LogP contribution in [0.15, 0.2) is 0 Å². The molecule has 0 fully saturated rings. The summed E-state index contributed by atoms with van der Waals surface area (Å²) in [5.41, 5.74) is 11.0. The molecule has 178 valence electrons. The Balaban J connectivity index is 5.35. The summed E-state index contributed by atoms with van der Waals surface area (Å²) in [6.45, 7) is 3.69. The van der Waals surface area contributed by atoms with Crippen LogP contribution in [0.5, 0.6) is 0 Å². The largest absolute Gasteiger partial charge is 0.481 e. The van der Waals surface area contributed by atoms with E-state index in [0.717, 1.165) is 0 Å². The Hall–Kier alpha value is -2.38. The van der Waals surface area contributed by atoms with Crippen molar-refractivity contribution >= 4 is 42.3 Å². The Morgan fingerprint density at radius 2 is 1.48 bits per heavy atom. The minimum Gasteiger partial charge on any atom is -0.481 e. The monoisotopic (exact) mass is 463 g/mol. The van der Waals surface area contributed by atoms with Crippen molar-refractivity contribution < 1.29 is 34.2 Å². The molecule has 0 aromatic heterocycles. The van der Waals surface area contributed by atoms with E-state index >= 15 is 0 Å². The van der Waals surface area contributed by atoms with Crippen LogP contribution in [0.1, 0.15) is 39.5 Å². The minimum absolute atomic E-state index is 0.140. The number of carboxylic acid groups (broad SMARTS) is 2. The summed E-state index contributed by atoms with van der Waals surface area (Å²) < 4.78 is 0. The van der Waals surface area contributed by atoms with Crippen molar-refractivity contribution in [2.24, 2.45) is 17.4 Å². The lowest BCUT2D eigenvalue weighted by Gasteiger charge is -2.26. The van der Waals surface area contributed by atoms with E-state index in [1.54, 1.807) is 13.8 Å². The van der Waals surface area contributed by atoms with Gasteiger partial charge in [-0.1, -0.05) is 13.8 Å². The van der Waals surface area contributed by atoms with Crippen molar-refractivity contribution in [2.45, 2.75) is 63.7 Å². The van der Waals surface area contributed by atoms with Gasteiger partial charge < -0.3 is 37.6 Å². The van der Waals surface area contributed by atoms with E-state index < -0.39 is 66.2 Å². The third-order valence-corrected chi connectivity index (χ3v) is 4.72. The molecule has 4 unspecified atom stereocenters. The minimum atomic E-state index is -1.35. The zero-order valence-corrected chi connectivity index (χ0v) is 18.6. The molecular weight excluding hydrogens is 430 g/mol. The molecule has 12 nitrogen and oxygen atoms in total. The molecule has 13 heteroatoms. The quantitative estimate of drug-likeness (QED) is 0.0998. The van der Waals surface area contributed by atoms with E-state index in [1.807, 2.05) is 0 Å². The van der Waals surface area contributed by atoms with Gasteiger partial charge in [-0.15, -0.1) is 0 Å². The molecule has 31 heavy (non-hydrogen) atoms. The van der Waals surface area contributed by atoms with Crippen molar-refractivity contribution in [1.29, 1.82) is 0 Å². The third-order valence-electron chi connectivity index (χ3n) is 4.36. The first kappa shape index (κ1) is 28.6. The van der Waals surface area contributed by atoms with E-state index in [2.05, 4.69) is 28.6 Å². The number of aliphatic carboxylic acids is 2. The molecule has 0 spiro atoms. The molecule has 0 aliphatic carbocycles. The Morgan fingerprint density at radius 1 is 0.903 bits per heavy atom. The highest BCUT2D eigenvalue weighted by Crippen LogP contribution is 2.07. The van der Waals surface area contributed by atoms with Crippen LogP contribution >= 0.6 is 12.6 Å². The topological polar surface area (TPSA) is 214 Å². The molecule has 0 aromatic rings. The van der Waals surface area contributed by atoms with Crippen LogP contribution in [0, 0.1) is 5.92 Å². The van der Waals surface area contributed by atoms with Crippen molar-refractivity contribution in [3.05, 3.63) is 0 Å². The van der Waals surface area contributed by atoms with Crippen molar-refractivity contribution in [3.8, 4) is 0 Å². The number of carbonyl (C=O) groups excluding carboxylic acids is 3. The lowest BCUT2D eigenvalue weighted by atomic mass is 10.0. The van der Waals surface area contributed by atoms with E-state index in [4.69, 9.17) is 21.7 Å². The molecule has 0 heterocycles. The highest BCUT2D eigenvalue weighted by Gasteiger charge is 2.31. The summed E-state index contributed by atoms with van der Waals surface area (Å²) >= 11 is 3.89. The first-order valence-electron chi connectivity index (χ1n) is 9.86. The van der Waals surface area contributed by atoms with Crippen LogP contribution in [-0.4, -0.2) is 76.3 Å². The first-order valence-corrected chi connectivity index (χ1v) is 10.5.